The van der Waals surface area contributed by atoms with Crippen molar-refractivity contribution in [1.82, 2.24) is 0 Å². The highest BCUT2D eigenvalue weighted by molar-refractivity contribution is 5.67. The molecule has 1 aliphatic rings. The van der Waals surface area contributed by atoms with Crippen LogP contribution in [-0.2, 0) is 19.2 Å². The van der Waals surface area contributed by atoms with Crippen LogP contribution in [0.3, 0.4) is 0 Å². The summed E-state index contributed by atoms with van der Waals surface area (Å²) in [5, 5.41) is 36.5. The van der Waals surface area contributed by atoms with E-state index in [-0.39, 0.29) is 49.4 Å². The van der Waals surface area contributed by atoms with Crippen LogP contribution in [0.4, 0.5) is 0 Å². The highest BCUT2D eigenvalue weighted by Gasteiger charge is 2.21. The van der Waals surface area contributed by atoms with Gasteiger partial charge in [-0.1, -0.05) is 64.2 Å². The summed E-state index contributed by atoms with van der Waals surface area (Å²) in [6.07, 6.45) is 12.1. The summed E-state index contributed by atoms with van der Waals surface area (Å²) in [5.74, 6) is -2.04. The first-order valence-electron chi connectivity index (χ1n) is 13.0. The molecule has 0 saturated heterocycles. The molecular formula is C26H44O8. The number of carboxylic acids is 4. The molecule has 0 aromatic heterocycles. The molecule has 1 rings (SSSR count). The lowest BCUT2D eigenvalue weighted by Gasteiger charge is -2.25. The van der Waals surface area contributed by atoms with Crippen molar-refractivity contribution in [1.29, 1.82) is 0 Å². The molecule has 0 bridgehead atoms. The van der Waals surface area contributed by atoms with E-state index in [1.807, 2.05) is 0 Å². The molecule has 34 heavy (non-hydrogen) atoms. The molecule has 0 aromatic carbocycles. The van der Waals surface area contributed by atoms with E-state index in [9.17, 15) is 19.2 Å². The molecule has 0 amide bonds. The van der Waals surface area contributed by atoms with Gasteiger partial charge in [0.25, 0.3) is 0 Å². The first-order valence-corrected chi connectivity index (χ1v) is 13.0. The normalized spacial score (nSPS) is 25.2. The third-order valence-electron chi connectivity index (χ3n) is 7.48. The molecule has 1 fully saturated rings. The van der Waals surface area contributed by atoms with Crippen molar-refractivity contribution >= 4 is 23.9 Å². The zero-order valence-corrected chi connectivity index (χ0v) is 20.5. The van der Waals surface area contributed by atoms with Crippen molar-refractivity contribution < 1.29 is 39.6 Å². The quantitative estimate of drug-likeness (QED) is 0.270. The van der Waals surface area contributed by atoms with E-state index >= 15 is 0 Å². The Labute approximate surface area is 203 Å². The fraction of sp³-hybridized carbons (Fsp3) is 0.846. The average molecular weight is 485 g/mol. The summed E-state index contributed by atoms with van der Waals surface area (Å²) >= 11 is 0. The van der Waals surface area contributed by atoms with Gasteiger partial charge in [-0.2, -0.15) is 0 Å². The van der Waals surface area contributed by atoms with Gasteiger partial charge < -0.3 is 20.4 Å². The first kappa shape index (κ1) is 29.9. The molecule has 0 spiro atoms. The largest absolute Gasteiger partial charge is 0.481 e. The van der Waals surface area contributed by atoms with Crippen LogP contribution in [-0.4, -0.2) is 44.3 Å². The van der Waals surface area contributed by atoms with Crippen molar-refractivity contribution in [2.75, 3.05) is 0 Å². The second-order valence-corrected chi connectivity index (χ2v) is 10.2. The molecule has 0 radical (unpaired) electrons. The molecule has 1 aliphatic carbocycles. The Kier molecular flexibility index (Phi) is 15.3. The Hall–Kier alpha value is -2.12. The second-order valence-electron chi connectivity index (χ2n) is 10.2. The molecule has 8 heteroatoms. The molecule has 1 saturated carbocycles. The minimum absolute atomic E-state index is 0.137. The number of hydrogen-bond donors (Lipinski definition) is 4. The SMILES string of the molecule is O=C(O)CCC1CCCC(CCC(=O)O)CCC(CCC(=O)O)CCCC(CCC(=O)O)CC1. The van der Waals surface area contributed by atoms with E-state index in [1.165, 1.54) is 0 Å². The molecule has 4 N–H and O–H groups in total. The molecule has 4 atom stereocenters. The van der Waals surface area contributed by atoms with Gasteiger partial charge in [-0.15, -0.1) is 0 Å². The zero-order chi connectivity index (χ0) is 25.3. The molecule has 0 heterocycles. The van der Waals surface area contributed by atoms with Crippen molar-refractivity contribution in [3.8, 4) is 0 Å². The summed E-state index contributed by atoms with van der Waals surface area (Å²) in [7, 11) is 0. The van der Waals surface area contributed by atoms with Gasteiger partial charge in [0.05, 0.1) is 0 Å². The molecule has 0 aliphatic heterocycles. The van der Waals surface area contributed by atoms with Crippen LogP contribution >= 0.6 is 0 Å². The summed E-state index contributed by atoms with van der Waals surface area (Å²) < 4.78 is 0. The lowest BCUT2D eigenvalue weighted by atomic mass is 9.80. The lowest BCUT2D eigenvalue weighted by molar-refractivity contribution is -0.138. The van der Waals surface area contributed by atoms with Crippen LogP contribution in [0.5, 0.6) is 0 Å². The summed E-state index contributed by atoms with van der Waals surface area (Å²) in [6.45, 7) is 0. The van der Waals surface area contributed by atoms with Gasteiger partial charge >= 0.3 is 23.9 Å². The Morgan fingerprint density at radius 2 is 0.618 bits per heavy atom. The van der Waals surface area contributed by atoms with Gasteiger partial charge in [-0.05, 0) is 49.4 Å². The molecule has 0 aromatic rings. The maximum absolute atomic E-state index is 11.1. The Morgan fingerprint density at radius 3 is 0.794 bits per heavy atom. The fourth-order valence-electron chi connectivity index (χ4n) is 5.38. The number of carbonyl (C=O) groups is 4. The van der Waals surface area contributed by atoms with E-state index in [0.29, 0.717) is 25.7 Å². The van der Waals surface area contributed by atoms with E-state index in [4.69, 9.17) is 20.4 Å². The van der Waals surface area contributed by atoms with Crippen molar-refractivity contribution in [2.45, 2.75) is 116 Å². The fourth-order valence-corrected chi connectivity index (χ4v) is 5.38. The van der Waals surface area contributed by atoms with Gasteiger partial charge in [0, 0.05) is 25.7 Å². The molecular weight excluding hydrogens is 440 g/mol. The van der Waals surface area contributed by atoms with E-state index in [0.717, 1.165) is 64.2 Å². The monoisotopic (exact) mass is 484 g/mol. The summed E-state index contributed by atoms with van der Waals surface area (Å²) in [6, 6.07) is 0. The van der Waals surface area contributed by atoms with Crippen LogP contribution in [0.2, 0.25) is 0 Å². The zero-order valence-electron chi connectivity index (χ0n) is 20.5. The third kappa shape index (κ3) is 15.7. The molecule has 4 unspecified atom stereocenters. The summed E-state index contributed by atoms with van der Waals surface area (Å²) in [5.41, 5.74) is 0. The van der Waals surface area contributed by atoms with Crippen LogP contribution in [0.25, 0.3) is 0 Å². The minimum Gasteiger partial charge on any atom is -0.481 e. The predicted molar refractivity (Wildman–Crippen MR) is 128 cm³/mol. The van der Waals surface area contributed by atoms with E-state index in [2.05, 4.69) is 0 Å². The topological polar surface area (TPSA) is 149 Å². The number of rotatable bonds is 12. The molecule has 8 nitrogen and oxygen atoms in total. The second kappa shape index (κ2) is 17.3. The Morgan fingerprint density at radius 1 is 0.412 bits per heavy atom. The average Bonchev–Trinajstić information content (AvgIpc) is 2.76. The van der Waals surface area contributed by atoms with Gasteiger partial charge in [0.2, 0.25) is 0 Å². The van der Waals surface area contributed by atoms with Gasteiger partial charge in [0.1, 0.15) is 0 Å². The smallest absolute Gasteiger partial charge is 0.303 e. The number of carboxylic acid groups (broad SMARTS) is 4. The highest BCUT2D eigenvalue weighted by Crippen LogP contribution is 2.33. The highest BCUT2D eigenvalue weighted by atomic mass is 16.4. The van der Waals surface area contributed by atoms with Crippen molar-refractivity contribution in [3.05, 3.63) is 0 Å². The standard InChI is InChI=1S/C26H44O8/c27-23(28)15-11-19-3-1-4-20(12-16-24(29)30)8-10-22(14-18-26(33)34)6-2-5-21(9-7-19)13-17-25(31)32/h19-22H,1-18H2,(H,27,28)(H,29,30)(H,31,32)(H,33,34). The van der Waals surface area contributed by atoms with E-state index in [1.54, 1.807) is 0 Å². The Bertz CT molecular complexity index is 526. The van der Waals surface area contributed by atoms with Crippen LogP contribution in [0, 0.1) is 23.7 Å². The summed E-state index contributed by atoms with van der Waals surface area (Å²) in [4.78, 5) is 44.5. The van der Waals surface area contributed by atoms with Crippen molar-refractivity contribution in [3.63, 3.8) is 0 Å². The van der Waals surface area contributed by atoms with Crippen LogP contribution in [0.1, 0.15) is 116 Å². The minimum atomic E-state index is -0.798. The lowest BCUT2D eigenvalue weighted by Crippen LogP contribution is -2.14. The van der Waals surface area contributed by atoms with Crippen molar-refractivity contribution in [2.24, 2.45) is 23.7 Å². The van der Waals surface area contributed by atoms with Gasteiger partial charge in [-0.3, -0.25) is 19.2 Å². The number of hydrogen-bond acceptors (Lipinski definition) is 4. The van der Waals surface area contributed by atoms with Crippen LogP contribution < -0.4 is 0 Å². The third-order valence-corrected chi connectivity index (χ3v) is 7.48. The van der Waals surface area contributed by atoms with Gasteiger partial charge in [-0.25, -0.2) is 0 Å². The maximum Gasteiger partial charge on any atom is 0.303 e. The van der Waals surface area contributed by atoms with Gasteiger partial charge in [0.15, 0.2) is 0 Å². The maximum atomic E-state index is 11.1. The van der Waals surface area contributed by atoms with E-state index < -0.39 is 23.9 Å². The molecule has 196 valence electrons. The first-order chi connectivity index (χ1) is 16.2. The number of aliphatic carboxylic acids is 4. The van der Waals surface area contributed by atoms with Crippen LogP contribution in [0.15, 0.2) is 0 Å². The predicted octanol–water partition coefficient (Wildman–Crippen LogP) is 5.83. The Balaban J connectivity index is 2.87.